The minimum Gasteiger partial charge on any atom is -0.362 e. The molecule has 5 aromatic rings. The van der Waals surface area contributed by atoms with Gasteiger partial charge in [-0.15, -0.1) is 0 Å². The van der Waals surface area contributed by atoms with Crippen molar-refractivity contribution >= 4 is 34.5 Å². The molecule has 38 heavy (non-hydrogen) atoms. The summed E-state index contributed by atoms with van der Waals surface area (Å²) in [5, 5.41) is 8.89. The molecule has 3 heteroatoms. The lowest BCUT2D eigenvalue weighted by molar-refractivity contribution is 0.824. The molecule has 0 bridgehead atoms. The molecule has 0 radical (unpaired) electrons. The van der Waals surface area contributed by atoms with Crippen LogP contribution in [0.1, 0.15) is 46.6 Å². The number of hydrogen-bond donors (Lipinski definition) is 1. The molecule has 0 aliphatic heterocycles. The number of benzene rings is 3. The number of H-pyrrole nitrogens is 1. The third-order valence-electron chi connectivity index (χ3n) is 7.93. The van der Waals surface area contributed by atoms with Gasteiger partial charge in [-0.2, -0.15) is 0 Å². The molecule has 3 aromatic carbocycles. The summed E-state index contributed by atoms with van der Waals surface area (Å²) in [6, 6.07) is 23.6. The van der Waals surface area contributed by atoms with Gasteiger partial charge in [-0.3, -0.25) is 4.98 Å². The molecule has 2 aromatic heterocycles. The summed E-state index contributed by atoms with van der Waals surface area (Å²) in [5.74, 6) is 0. The summed E-state index contributed by atoms with van der Waals surface area (Å²) < 4.78 is 0. The van der Waals surface area contributed by atoms with Gasteiger partial charge in [0.1, 0.15) is 0 Å². The molecule has 2 heterocycles. The summed E-state index contributed by atoms with van der Waals surface area (Å²) in [4.78, 5) is 7.90. The van der Waals surface area contributed by atoms with Crippen LogP contribution in [0.15, 0.2) is 72.9 Å². The second kappa shape index (κ2) is 10.6. The van der Waals surface area contributed by atoms with Crippen molar-refractivity contribution in [1.29, 1.82) is 0 Å². The van der Waals surface area contributed by atoms with Crippen molar-refractivity contribution in [2.75, 3.05) is 0 Å². The standard InChI is InChI=1S/C18H15Cl.C17H18N2/c19-14-7-10-16-13(11-14)6-9-17-15-4-2-1-3-12(15)5-8-18(16)17;1-12-7-9-15(19-12)10-8-14-11-18-13(2)16-5-3-4-6-17(14)16/h3,5-8,10-11H,1-2,4,9H2;3-7,9,11,19H,8,10H2,1-2H3. The van der Waals surface area contributed by atoms with Crippen molar-refractivity contribution in [3.8, 4) is 0 Å². The Morgan fingerprint density at radius 1 is 0.816 bits per heavy atom. The van der Waals surface area contributed by atoms with Crippen molar-refractivity contribution in [3.05, 3.63) is 133 Å². The smallest absolute Gasteiger partial charge is 0.0451 e. The second-order valence-electron chi connectivity index (χ2n) is 10.5. The van der Waals surface area contributed by atoms with E-state index in [1.807, 2.05) is 12.3 Å². The molecule has 2 aliphatic rings. The Hall–Kier alpha value is -3.62. The van der Waals surface area contributed by atoms with Crippen LogP contribution in [0.3, 0.4) is 0 Å². The van der Waals surface area contributed by atoms with Gasteiger partial charge < -0.3 is 4.98 Å². The maximum absolute atomic E-state index is 6.09. The van der Waals surface area contributed by atoms with Gasteiger partial charge in [-0.25, -0.2) is 0 Å². The summed E-state index contributed by atoms with van der Waals surface area (Å²) in [6.45, 7) is 4.16. The van der Waals surface area contributed by atoms with Crippen LogP contribution in [-0.4, -0.2) is 9.97 Å². The van der Waals surface area contributed by atoms with E-state index in [9.17, 15) is 0 Å². The van der Waals surface area contributed by atoms with E-state index in [0.29, 0.717) is 0 Å². The Morgan fingerprint density at radius 2 is 1.66 bits per heavy atom. The fourth-order valence-corrected chi connectivity index (χ4v) is 6.13. The largest absolute Gasteiger partial charge is 0.362 e. The number of pyridine rings is 1. The first-order chi connectivity index (χ1) is 18.6. The maximum Gasteiger partial charge on any atom is 0.0451 e. The number of aromatic nitrogens is 2. The Morgan fingerprint density at radius 3 is 2.50 bits per heavy atom. The van der Waals surface area contributed by atoms with E-state index in [1.165, 1.54) is 73.4 Å². The molecular weight excluding hydrogens is 484 g/mol. The fraction of sp³-hybridized carbons (Fsp3) is 0.229. The zero-order chi connectivity index (χ0) is 26.1. The van der Waals surface area contributed by atoms with Crippen molar-refractivity contribution in [1.82, 2.24) is 9.97 Å². The fourth-order valence-electron chi connectivity index (χ4n) is 5.95. The van der Waals surface area contributed by atoms with Crippen molar-refractivity contribution in [2.24, 2.45) is 0 Å². The Kier molecular flexibility index (Phi) is 6.91. The first kappa shape index (κ1) is 24.7. The molecule has 0 spiro atoms. The average molecular weight is 517 g/mol. The molecule has 0 saturated carbocycles. The van der Waals surface area contributed by atoms with E-state index < -0.39 is 0 Å². The molecule has 190 valence electrons. The highest BCUT2D eigenvalue weighted by molar-refractivity contribution is 6.30. The highest BCUT2D eigenvalue weighted by atomic mass is 35.5. The van der Waals surface area contributed by atoms with Crippen LogP contribution in [0.2, 0.25) is 5.02 Å². The quantitative estimate of drug-likeness (QED) is 0.273. The molecular formula is C35H33ClN2. The molecule has 0 saturated heterocycles. The summed E-state index contributed by atoms with van der Waals surface area (Å²) in [5.41, 5.74) is 8.05. The topological polar surface area (TPSA) is 28.7 Å². The minimum absolute atomic E-state index is 0.824. The summed E-state index contributed by atoms with van der Waals surface area (Å²) in [6.07, 6.45) is 13.6. The van der Waals surface area contributed by atoms with E-state index >= 15 is 0 Å². The zero-order valence-corrected chi connectivity index (χ0v) is 22.9. The molecule has 0 fully saturated rings. The molecule has 2 nitrogen and oxygen atoms in total. The zero-order valence-electron chi connectivity index (χ0n) is 22.2. The van der Waals surface area contributed by atoms with Crippen molar-refractivity contribution < 1.29 is 0 Å². The summed E-state index contributed by atoms with van der Waals surface area (Å²) >= 11 is 6.09. The first-order valence-corrected chi connectivity index (χ1v) is 14.0. The van der Waals surface area contributed by atoms with E-state index in [2.05, 4.69) is 96.6 Å². The second-order valence-corrected chi connectivity index (χ2v) is 10.9. The van der Waals surface area contributed by atoms with Crippen LogP contribution in [-0.2, 0) is 25.7 Å². The number of aromatic amines is 1. The molecule has 1 N–H and O–H groups in total. The minimum atomic E-state index is 0.824. The maximum atomic E-state index is 6.09. The lowest BCUT2D eigenvalue weighted by atomic mass is 9.89. The number of halogens is 1. The van der Waals surface area contributed by atoms with Crippen LogP contribution < -0.4 is 10.4 Å². The number of hydrogen-bond acceptors (Lipinski definition) is 1. The Bertz CT molecular complexity index is 1860. The van der Waals surface area contributed by atoms with E-state index in [-0.39, 0.29) is 0 Å². The highest BCUT2D eigenvalue weighted by Gasteiger charge is 2.11. The molecule has 7 rings (SSSR count). The predicted octanol–water partition coefficient (Wildman–Crippen LogP) is 7.05. The van der Waals surface area contributed by atoms with Crippen LogP contribution >= 0.6 is 11.6 Å². The van der Waals surface area contributed by atoms with Crippen LogP contribution in [0.25, 0.3) is 22.9 Å². The molecule has 2 aliphatic carbocycles. The number of aryl methyl sites for hydroxylation is 4. The van der Waals surface area contributed by atoms with E-state index in [1.54, 1.807) is 5.56 Å². The normalized spacial score (nSPS) is 13.3. The third kappa shape index (κ3) is 4.93. The van der Waals surface area contributed by atoms with Crippen molar-refractivity contribution in [3.63, 3.8) is 0 Å². The van der Waals surface area contributed by atoms with E-state index in [0.717, 1.165) is 30.0 Å². The van der Waals surface area contributed by atoms with Crippen molar-refractivity contribution in [2.45, 2.75) is 52.4 Å². The van der Waals surface area contributed by atoms with Gasteiger partial charge in [0.15, 0.2) is 0 Å². The van der Waals surface area contributed by atoms with Crippen LogP contribution in [0.4, 0.5) is 0 Å². The van der Waals surface area contributed by atoms with Gasteiger partial charge in [-0.1, -0.05) is 66.2 Å². The number of rotatable bonds is 3. The van der Waals surface area contributed by atoms with E-state index in [4.69, 9.17) is 11.6 Å². The van der Waals surface area contributed by atoms with Crippen LogP contribution in [0, 0.1) is 24.3 Å². The van der Waals surface area contributed by atoms with Gasteiger partial charge in [0.2, 0.25) is 0 Å². The number of nitrogens with one attached hydrogen (secondary N) is 1. The van der Waals surface area contributed by atoms with Gasteiger partial charge in [0.05, 0.1) is 0 Å². The predicted molar refractivity (Wildman–Crippen MR) is 160 cm³/mol. The number of nitrogens with zero attached hydrogens (tertiary/aromatic N) is 1. The van der Waals surface area contributed by atoms with Gasteiger partial charge in [0.25, 0.3) is 0 Å². The number of fused-ring (bicyclic) bond motifs is 5. The first-order valence-electron chi connectivity index (χ1n) is 13.7. The highest BCUT2D eigenvalue weighted by Crippen LogP contribution is 2.22. The molecule has 0 unspecified atom stereocenters. The lowest BCUT2D eigenvalue weighted by Crippen LogP contribution is -2.19. The average Bonchev–Trinajstić information content (AvgIpc) is 3.37. The van der Waals surface area contributed by atoms with Gasteiger partial charge >= 0.3 is 0 Å². The Labute approximate surface area is 229 Å². The Balaban J connectivity index is 0.000000139. The lowest BCUT2D eigenvalue weighted by Gasteiger charge is -2.16. The van der Waals surface area contributed by atoms with Gasteiger partial charge in [-0.05, 0) is 120 Å². The third-order valence-corrected chi connectivity index (χ3v) is 8.16. The van der Waals surface area contributed by atoms with Gasteiger partial charge in [0, 0.05) is 33.7 Å². The summed E-state index contributed by atoms with van der Waals surface area (Å²) in [7, 11) is 0. The molecule has 0 atom stereocenters. The molecule has 0 amide bonds. The van der Waals surface area contributed by atoms with Crippen LogP contribution in [0.5, 0.6) is 0 Å². The monoisotopic (exact) mass is 516 g/mol. The SMILES string of the molecule is Cc1ccc(CCc2cnc(C)c3ccccc23)[nH]1.Clc1ccc2c(c1)=CCc1c3c(ccc1=2)=CCCC3.